The molecule has 0 fully saturated rings. The number of hydrogen-bond acceptors (Lipinski definition) is 3. The van der Waals surface area contributed by atoms with Gasteiger partial charge in [-0.3, -0.25) is 4.79 Å². The molecule has 2 aromatic rings. The van der Waals surface area contributed by atoms with Crippen LogP contribution in [0.25, 0.3) is 5.82 Å². The summed E-state index contributed by atoms with van der Waals surface area (Å²) in [5, 5.41) is 8.02. The van der Waals surface area contributed by atoms with Gasteiger partial charge in [0.05, 0.1) is 0 Å². The fourth-order valence-electron chi connectivity index (χ4n) is 1.02. The van der Waals surface area contributed by atoms with Gasteiger partial charge in [0.1, 0.15) is 0 Å². The van der Waals surface area contributed by atoms with Crippen LogP contribution in [-0.4, -0.2) is 19.6 Å². The maximum Gasteiger partial charge on any atom is 0.266 e. The van der Waals surface area contributed by atoms with Crippen molar-refractivity contribution in [3.8, 4) is 5.82 Å². The predicted octanol–water partition coefficient (Wildman–Crippen LogP) is -0.0340. The highest BCUT2D eigenvalue weighted by molar-refractivity contribution is 5.17. The Morgan fingerprint density at radius 2 is 2.23 bits per heavy atom. The fourth-order valence-corrected chi connectivity index (χ4v) is 1.02. The first-order valence-corrected chi connectivity index (χ1v) is 3.82. The molecule has 2 heterocycles. The lowest BCUT2D eigenvalue weighted by Gasteiger charge is -2.00. The quantitative estimate of drug-likeness (QED) is 0.613. The van der Waals surface area contributed by atoms with E-state index in [9.17, 15) is 4.79 Å². The van der Waals surface area contributed by atoms with E-state index in [1.54, 1.807) is 36.3 Å². The zero-order chi connectivity index (χ0) is 9.26. The van der Waals surface area contributed by atoms with Gasteiger partial charge in [-0.25, -0.2) is 9.36 Å². The topological polar surface area (TPSA) is 52.7 Å². The van der Waals surface area contributed by atoms with Crippen LogP contribution in [-0.2, 0) is 7.05 Å². The van der Waals surface area contributed by atoms with Crippen molar-refractivity contribution >= 4 is 0 Å². The third-order valence-electron chi connectivity index (χ3n) is 1.69. The Balaban J connectivity index is 2.55. The normalized spacial score (nSPS) is 10.2. The van der Waals surface area contributed by atoms with Gasteiger partial charge in [-0.1, -0.05) is 0 Å². The average Bonchev–Trinajstić information content (AvgIpc) is 2.62. The first-order valence-electron chi connectivity index (χ1n) is 3.82. The summed E-state index contributed by atoms with van der Waals surface area (Å²) < 4.78 is 2.87. The monoisotopic (exact) mass is 176 g/mol. The fraction of sp³-hybridized carbons (Fsp3) is 0.125. The zero-order valence-electron chi connectivity index (χ0n) is 7.08. The summed E-state index contributed by atoms with van der Waals surface area (Å²) in [5.74, 6) is 0.632. The molecule has 2 aromatic heterocycles. The minimum Gasteiger partial charge on any atom is -0.268 e. The van der Waals surface area contributed by atoms with Gasteiger partial charge in [-0.15, -0.1) is 0 Å². The molecule has 2 rings (SSSR count). The molecule has 0 atom stereocenters. The third-order valence-corrected chi connectivity index (χ3v) is 1.69. The predicted molar refractivity (Wildman–Crippen MR) is 46.6 cm³/mol. The van der Waals surface area contributed by atoms with Gasteiger partial charge in [0, 0.05) is 25.5 Å². The number of aryl methyl sites for hydroxylation is 1. The van der Waals surface area contributed by atoms with E-state index in [4.69, 9.17) is 0 Å². The summed E-state index contributed by atoms with van der Waals surface area (Å²) >= 11 is 0. The minimum absolute atomic E-state index is 0.129. The highest BCUT2D eigenvalue weighted by Gasteiger charge is 1.98. The van der Waals surface area contributed by atoms with Gasteiger partial charge in [-0.05, 0) is 12.1 Å². The van der Waals surface area contributed by atoms with E-state index in [0.29, 0.717) is 5.82 Å². The number of rotatable bonds is 1. The molecule has 5 heteroatoms. The molecule has 0 aliphatic heterocycles. The van der Waals surface area contributed by atoms with Gasteiger partial charge < -0.3 is 0 Å². The Morgan fingerprint density at radius 1 is 1.38 bits per heavy atom. The second-order valence-corrected chi connectivity index (χ2v) is 2.60. The molecule has 0 bridgehead atoms. The van der Waals surface area contributed by atoms with E-state index in [1.165, 1.54) is 10.7 Å². The van der Waals surface area contributed by atoms with Crippen LogP contribution < -0.4 is 5.56 Å². The number of aromatic nitrogens is 4. The van der Waals surface area contributed by atoms with Gasteiger partial charge in [-0.2, -0.15) is 10.2 Å². The lowest BCUT2D eigenvalue weighted by Crippen LogP contribution is -2.19. The Kier molecular flexibility index (Phi) is 1.70. The van der Waals surface area contributed by atoms with Gasteiger partial charge >= 0.3 is 0 Å². The van der Waals surface area contributed by atoms with E-state index < -0.39 is 0 Å². The van der Waals surface area contributed by atoms with Gasteiger partial charge in [0.25, 0.3) is 5.56 Å². The van der Waals surface area contributed by atoms with Crippen molar-refractivity contribution in [1.82, 2.24) is 19.6 Å². The van der Waals surface area contributed by atoms with Crippen molar-refractivity contribution in [3.05, 3.63) is 40.9 Å². The zero-order valence-corrected chi connectivity index (χ0v) is 7.08. The summed E-state index contributed by atoms with van der Waals surface area (Å²) in [4.78, 5) is 11.0. The van der Waals surface area contributed by atoms with E-state index in [2.05, 4.69) is 10.2 Å². The molecule has 0 saturated carbocycles. The first-order chi connectivity index (χ1) is 6.27. The van der Waals surface area contributed by atoms with Gasteiger partial charge in [0.2, 0.25) is 0 Å². The molecule has 0 radical (unpaired) electrons. The third kappa shape index (κ3) is 1.35. The van der Waals surface area contributed by atoms with Crippen molar-refractivity contribution in [1.29, 1.82) is 0 Å². The minimum atomic E-state index is -0.129. The molecule has 0 amide bonds. The number of hydrogen-bond donors (Lipinski definition) is 0. The van der Waals surface area contributed by atoms with Crippen LogP contribution in [0, 0.1) is 0 Å². The van der Waals surface area contributed by atoms with Crippen LogP contribution in [0.1, 0.15) is 0 Å². The molecule has 13 heavy (non-hydrogen) atoms. The molecule has 66 valence electrons. The molecule has 0 aromatic carbocycles. The highest BCUT2D eigenvalue weighted by atomic mass is 16.1. The number of nitrogens with zero attached hydrogens (tertiary/aromatic N) is 4. The first kappa shape index (κ1) is 7.72. The SMILES string of the molecule is Cn1nc(-n2cccn2)ccc1=O. The molecule has 5 nitrogen and oxygen atoms in total. The van der Waals surface area contributed by atoms with Crippen molar-refractivity contribution in [2.75, 3.05) is 0 Å². The molecule has 0 aliphatic rings. The molecule has 0 aliphatic carbocycles. The molecule has 0 N–H and O–H groups in total. The summed E-state index contributed by atoms with van der Waals surface area (Å²) in [6, 6.07) is 4.89. The van der Waals surface area contributed by atoms with Crippen molar-refractivity contribution in [2.24, 2.45) is 7.05 Å². The van der Waals surface area contributed by atoms with Crippen LogP contribution in [0.4, 0.5) is 0 Å². The van der Waals surface area contributed by atoms with Crippen molar-refractivity contribution in [2.45, 2.75) is 0 Å². The summed E-state index contributed by atoms with van der Waals surface area (Å²) in [6.07, 6.45) is 3.43. The summed E-state index contributed by atoms with van der Waals surface area (Å²) in [7, 11) is 1.61. The lowest BCUT2D eigenvalue weighted by atomic mass is 10.5. The van der Waals surface area contributed by atoms with E-state index in [1.807, 2.05) is 0 Å². The largest absolute Gasteiger partial charge is 0.268 e. The Hall–Kier alpha value is -1.91. The molecular formula is C8H8N4O. The van der Waals surface area contributed by atoms with E-state index in [0.717, 1.165) is 0 Å². The summed E-state index contributed by atoms with van der Waals surface area (Å²) in [6.45, 7) is 0. The van der Waals surface area contributed by atoms with E-state index >= 15 is 0 Å². The van der Waals surface area contributed by atoms with Crippen LogP contribution in [0.3, 0.4) is 0 Å². The van der Waals surface area contributed by atoms with Gasteiger partial charge in [0.15, 0.2) is 5.82 Å². The van der Waals surface area contributed by atoms with Crippen LogP contribution in [0.5, 0.6) is 0 Å². The van der Waals surface area contributed by atoms with Crippen LogP contribution in [0.15, 0.2) is 35.4 Å². The molecular weight excluding hydrogens is 168 g/mol. The van der Waals surface area contributed by atoms with Crippen molar-refractivity contribution in [3.63, 3.8) is 0 Å². The maximum atomic E-state index is 11.0. The second kappa shape index (κ2) is 2.85. The molecule has 0 spiro atoms. The average molecular weight is 176 g/mol. The smallest absolute Gasteiger partial charge is 0.266 e. The second-order valence-electron chi connectivity index (χ2n) is 2.60. The maximum absolute atomic E-state index is 11.0. The van der Waals surface area contributed by atoms with Crippen LogP contribution >= 0.6 is 0 Å². The molecule has 0 unspecified atom stereocenters. The van der Waals surface area contributed by atoms with E-state index in [-0.39, 0.29) is 5.56 Å². The lowest BCUT2D eigenvalue weighted by molar-refractivity contribution is 0.673. The summed E-state index contributed by atoms with van der Waals surface area (Å²) in [5.41, 5.74) is -0.129. The standard InChI is InChI=1S/C8H8N4O/c1-11-8(13)4-3-7(10-11)12-6-2-5-9-12/h2-6H,1H3. The Bertz CT molecular complexity index is 457. The van der Waals surface area contributed by atoms with Crippen LogP contribution in [0.2, 0.25) is 0 Å². The Morgan fingerprint density at radius 3 is 2.85 bits per heavy atom. The van der Waals surface area contributed by atoms with Crippen molar-refractivity contribution < 1.29 is 0 Å². The highest BCUT2D eigenvalue weighted by Crippen LogP contribution is 1.96. The molecule has 0 saturated heterocycles. The Labute approximate surface area is 74.2 Å².